The van der Waals surface area contributed by atoms with E-state index in [1.54, 1.807) is 18.2 Å². The molecule has 1 amide bonds. The number of nitrogens with zero attached hydrogens (tertiary/aromatic N) is 2. The molecule has 1 unspecified atom stereocenters. The number of nitrogens with one attached hydrogen (secondary N) is 1. The molecule has 0 spiro atoms. The molecule has 0 saturated heterocycles. The Kier molecular flexibility index (Phi) is 5.18. The molecule has 0 radical (unpaired) electrons. The van der Waals surface area contributed by atoms with Gasteiger partial charge >= 0.3 is 0 Å². The Morgan fingerprint density at radius 1 is 1.48 bits per heavy atom. The van der Waals surface area contributed by atoms with Gasteiger partial charge in [-0.15, -0.1) is 11.3 Å². The number of aryl methyl sites for hydroxylation is 1. The van der Waals surface area contributed by atoms with E-state index in [4.69, 9.17) is 23.2 Å². The molecule has 7 heteroatoms. The summed E-state index contributed by atoms with van der Waals surface area (Å²) in [5, 5.41) is 15.3. The molecule has 0 bridgehead atoms. The van der Waals surface area contributed by atoms with Crippen molar-refractivity contribution in [2.24, 2.45) is 0 Å². The van der Waals surface area contributed by atoms with Crippen LogP contribution < -0.4 is 5.32 Å². The third kappa shape index (κ3) is 4.18. The molecule has 2 rings (SSSR count). The summed E-state index contributed by atoms with van der Waals surface area (Å²) in [5.74, 6) is -0.266. The van der Waals surface area contributed by atoms with E-state index in [1.165, 1.54) is 11.3 Å². The number of benzene rings is 1. The lowest BCUT2D eigenvalue weighted by Gasteiger charge is -2.12. The standard InChI is InChI=1S/C14H11Cl2N3OS/c1-8-18-10(7-21-8)5-14(20)19-13(6-17)9-2-3-11(15)12(16)4-9/h2-4,7,13H,5H2,1H3,(H,19,20). The number of carbonyl (C=O) groups excluding carboxylic acids is 1. The molecule has 0 aliphatic heterocycles. The lowest BCUT2D eigenvalue weighted by atomic mass is 10.1. The van der Waals surface area contributed by atoms with E-state index in [-0.39, 0.29) is 12.3 Å². The molecule has 0 saturated carbocycles. The van der Waals surface area contributed by atoms with Gasteiger partial charge in [-0.2, -0.15) is 5.26 Å². The molecule has 0 aliphatic rings. The van der Waals surface area contributed by atoms with Crippen molar-refractivity contribution in [3.8, 4) is 6.07 Å². The number of hydrogen-bond acceptors (Lipinski definition) is 4. The lowest BCUT2D eigenvalue weighted by Crippen LogP contribution is -2.29. The van der Waals surface area contributed by atoms with Crippen molar-refractivity contribution in [3.63, 3.8) is 0 Å². The normalized spacial score (nSPS) is 11.7. The first kappa shape index (κ1) is 15.8. The molecular weight excluding hydrogens is 329 g/mol. The van der Waals surface area contributed by atoms with Crippen LogP contribution in [0.3, 0.4) is 0 Å². The van der Waals surface area contributed by atoms with Crippen LogP contribution in [0.2, 0.25) is 10.0 Å². The van der Waals surface area contributed by atoms with Crippen molar-refractivity contribution >= 4 is 40.4 Å². The van der Waals surface area contributed by atoms with Gasteiger partial charge in [-0.1, -0.05) is 29.3 Å². The monoisotopic (exact) mass is 339 g/mol. The number of amides is 1. The molecule has 1 aromatic carbocycles. The van der Waals surface area contributed by atoms with Gasteiger partial charge in [0.1, 0.15) is 6.04 Å². The van der Waals surface area contributed by atoms with E-state index < -0.39 is 6.04 Å². The van der Waals surface area contributed by atoms with E-state index in [0.29, 0.717) is 21.3 Å². The minimum absolute atomic E-state index is 0.143. The second-order valence-corrected chi connectivity index (χ2v) is 6.21. The van der Waals surface area contributed by atoms with Crippen molar-refractivity contribution in [2.75, 3.05) is 0 Å². The quantitative estimate of drug-likeness (QED) is 0.923. The third-order valence-corrected chi connectivity index (χ3v) is 4.28. The summed E-state index contributed by atoms with van der Waals surface area (Å²) in [5.41, 5.74) is 1.29. The zero-order chi connectivity index (χ0) is 15.4. The molecule has 0 fully saturated rings. The maximum atomic E-state index is 12.0. The van der Waals surface area contributed by atoms with E-state index in [9.17, 15) is 10.1 Å². The number of aromatic nitrogens is 1. The van der Waals surface area contributed by atoms with Gasteiger partial charge < -0.3 is 5.32 Å². The lowest BCUT2D eigenvalue weighted by molar-refractivity contribution is -0.120. The first-order valence-corrected chi connectivity index (χ1v) is 7.68. The van der Waals surface area contributed by atoms with Crippen LogP contribution in [0.15, 0.2) is 23.6 Å². The highest BCUT2D eigenvalue weighted by atomic mass is 35.5. The second kappa shape index (κ2) is 6.90. The second-order valence-electron chi connectivity index (χ2n) is 4.34. The van der Waals surface area contributed by atoms with Crippen molar-refractivity contribution in [1.82, 2.24) is 10.3 Å². The zero-order valence-electron chi connectivity index (χ0n) is 11.1. The largest absolute Gasteiger partial charge is 0.336 e. The molecule has 4 nitrogen and oxygen atoms in total. The summed E-state index contributed by atoms with van der Waals surface area (Å²) in [6, 6.07) is 6.10. The zero-order valence-corrected chi connectivity index (χ0v) is 13.4. The molecule has 2 aromatic rings. The first-order chi connectivity index (χ1) is 9.99. The van der Waals surface area contributed by atoms with E-state index in [0.717, 1.165) is 5.01 Å². The van der Waals surface area contributed by atoms with Crippen molar-refractivity contribution < 1.29 is 4.79 Å². The molecule has 1 N–H and O–H groups in total. The number of carbonyl (C=O) groups is 1. The van der Waals surface area contributed by atoms with Gasteiger partial charge in [0.15, 0.2) is 0 Å². The summed E-state index contributed by atoms with van der Waals surface area (Å²) in [6.45, 7) is 1.87. The fraction of sp³-hybridized carbons (Fsp3) is 0.214. The van der Waals surface area contributed by atoms with Gasteiger partial charge in [0.2, 0.25) is 5.91 Å². The Bertz CT molecular complexity index is 708. The van der Waals surface area contributed by atoms with Crippen LogP contribution in [0.25, 0.3) is 0 Å². The molecule has 1 aromatic heterocycles. The molecule has 0 aliphatic carbocycles. The van der Waals surface area contributed by atoms with Crippen molar-refractivity contribution in [3.05, 3.63) is 49.9 Å². The van der Waals surface area contributed by atoms with Gasteiger partial charge in [-0.05, 0) is 24.6 Å². The maximum Gasteiger partial charge on any atom is 0.227 e. The molecular formula is C14H11Cl2N3OS. The fourth-order valence-corrected chi connectivity index (χ4v) is 2.67. The Morgan fingerprint density at radius 3 is 2.81 bits per heavy atom. The molecule has 1 atom stereocenters. The topological polar surface area (TPSA) is 65.8 Å². The summed E-state index contributed by atoms with van der Waals surface area (Å²) < 4.78 is 0. The third-order valence-electron chi connectivity index (χ3n) is 2.72. The summed E-state index contributed by atoms with van der Waals surface area (Å²) >= 11 is 13.2. The number of halogens is 2. The first-order valence-electron chi connectivity index (χ1n) is 6.04. The van der Waals surface area contributed by atoms with Crippen LogP contribution in [0.4, 0.5) is 0 Å². The number of nitriles is 1. The Labute approximate surface area is 136 Å². The van der Waals surface area contributed by atoms with Crippen LogP contribution in [0.1, 0.15) is 22.3 Å². The number of rotatable bonds is 4. The average molecular weight is 340 g/mol. The fourth-order valence-electron chi connectivity index (χ4n) is 1.75. The predicted octanol–water partition coefficient (Wildman–Crippen LogP) is 3.68. The van der Waals surface area contributed by atoms with Crippen LogP contribution in [-0.4, -0.2) is 10.9 Å². The minimum atomic E-state index is -0.771. The molecule has 1 heterocycles. The van der Waals surface area contributed by atoms with Gasteiger partial charge in [-0.3, -0.25) is 4.79 Å². The smallest absolute Gasteiger partial charge is 0.227 e. The van der Waals surface area contributed by atoms with Crippen LogP contribution in [0.5, 0.6) is 0 Å². The number of thiazole rings is 1. The Balaban J connectivity index is 2.06. The van der Waals surface area contributed by atoms with E-state index in [1.807, 2.05) is 18.4 Å². The summed E-state index contributed by atoms with van der Waals surface area (Å²) in [6.07, 6.45) is 0.143. The average Bonchev–Trinajstić information content (AvgIpc) is 2.84. The van der Waals surface area contributed by atoms with E-state index in [2.05, 4.69) is 10.3 Å². The van der Waals surface area contributed by atoms with Gasteiger partial charge in [0.25, 0.3) is 0 Å². The summed E-state index contributed by atoms with van der Waals surface area (Å²) in [7, 11) is 0. The summed E-state index contributed by atoms with van der Waals surface area (Å²) in [4.78, 5) is 16.2. The number of hydrogen-bond donors (Lipinski definition) is 1. The van der Waals surface area contributed by atoms with E-state index >= 15 is 0 Å². The van der Waals surface area contributed by atoms with Gasteiger partial charge in [0.05, 0.1) is 33.2 Å². The maximum absolute atomic E-state index is 12.0. The van der Waals surface area contributed by atoms with Crippen LogP contribution >= 0.6 is 34.5 Å². The SMILES string of the molecule is Cc1nc(CC(=O)NC(C#N)c2ccc(Cl)c(Cl)c2)cs1. The van der Waals surface area contributed by atoms with Crippen molar-refractivity contribution in [2.45, 2.75) is 19.4 Å². The molecule has 21 heavy (non-hydrogen) atoms. The Morgan fingerprint density at radius 2 is 2.24 bits per heavy atom. The minimum Gasteiger partial charge on any atom is -0.336 e. The highest BCUT2D eigenvalue weighted by Gasteiger charge is 2.16. The molecule has 108 valence electrons. The van der Waals surface area contributed by atoms with Gasteiger partial charge in [-0.25, -0.2) is 4.98 Å². The Hall–Kier alpha value is -1.61. The highest BCUT2D eigenvalue weighted by Crippen LogP contribution is 2.25. The van der Waals surface area contributed by atoms with Crippen LogP contribution in [-0.2, 0) is 11.2 Å². The van der Waals surface area contributed by atoms with Gasteiger partial charge in [0, 0.05) is 5.38 Å². The highest BCUT2D eigenvalue weighted by molar-refractivity contribution is 7.09. The van der Waals surface area contributed by atoms with Crippen molar-refractivity contribution in [1.29, 1.82) is 5.26 Å². The van der Waals surface area contributed by atoms with Crippen LogP contribution in [0, 0.1) is 18.3 Å². The predicted molar refractivity (Wildman–Crippen MR) is 83.5 cm³/mol.